The molecule has 0 spiro atoms. The molecular formula is C21H25N3O3. The predicted molar refractivity (Wildman–Crippen MR) is 105 cm³/mol. The second-order valence-corrected chi connectivity index (χ2v) is 6.39. The van der Waals surface area contributed by atoms with Crippen LogP contribution in [0.4, 0.5) is 5.69 Å². The van der Waals surface area contributed by atoms with Gasteiger partial charge in [-0.3, -0.25) is 0 Å². The molecule has 0 radical (unpaired) electrons. The van der Waals surface area contributed by atoms with Crippen molar-refractivity contribution in [3.05, 3.63) is 53.4 Å². The van der Waals surface area contributed by atoms with E-state index < -0.39 is 0 Å². The van der Waals surface area contributed by atoms with Gasteiger partial charge in [0.25, 0.3) is 0 Å². The highest BCUT2D eigenvalue weighted by Gasteiger charge is 2.15. The van der Waals surface area contributed by atoms with Crippen LogP contribution in [0.2, 0.25) is 0 Å². The third-order valence-corrected chi connectivity index (χ3v) is 4.51. The molecule has 0 aliphatic carbocycles. The zero-order valence-electron chi connectivity index (χ0n) is 16.4. The summed E-state index contributed by atoms with van der Waals surface area (Å²) >= 11 is 0. The second-order valence-electron chi connectivity index (χ2n) is 6.39. The van der Waals surface area contributed by atoms with Crippen molar-refractivity contribution in [3.8, 4) is 22.9 Å². The van der Waals surface area contributed by atoms with Crippen LogP contribution in [-0.4, -0.2) is 30.9 Å². The molecule has 6 nitrogen and oxygen atoms in total. The lowest BCUT2D eigenvalue weighted by Crippen LogP contribution is -2.23. The van der Waals surface area contributed by atoms with Crippen LogP contribution in [0.25, 0.3) is 11.4 Å². The van der Waals surface area contributed by atoms with Crippen molar-refractivity contribution in [2.45, 2.75) is 27.3 Å². The van der Waals surface area contributed by atoms with E-state index in [1.54, 1.807) is 14.2 Å². The van der Waals surface area contributed by atoms with Crippen LogP contribution in [0.1, 0.15) is 23.9 Å². The van der Waals surface area contributed by atoms with Gasteiger partial charge in [0.2, 0.25) is 11.7 Å². The standard InChI is InChI=1S/C21H25N3O3/c1-6-24(17-9-7-14(2)11-15(17)3)13-20-22-21(23-27-20)16-8-10-18(25-4)19(12-16)26-5/h7-12H,6,13H2,1-5H3. The Hall–Kier alpha value is -3.02. The number of anilines is 1. The maximum absolute atomic E-state index is 5.49. The van der Waals surface area contributed by atoms with E-state index in [0.717, 1.165) is 12.1 Å². The Balaban J connectivity index is 1.83. The number of aryl methyl sites for hydroxylation is 2. The van der Waals surface area contributed by atoms with E-state index >= 15 is 0 Å². The summed E-state index contributed by atoms with van der Waals surface area (Å²) in [6, 6.07) is 12.0. The van der Waals surface area contributed by atoms with E-state index in [9.17, 15) is 0 Å². The lowest BCUT2D eigenvalue weighted by Gasteiger charge is -2.23. The molecule has 3 aromatic rings. The highest BCUT2D eigenvalue weighted by molar-refractivity contribution is 5.61. The van der Waals surface area contributed by atoms with Crippen molar-refractivity contribution in [1.29, 1.82) is 0 Å². The number of rotatable bonds is 7. The fourth-order valence-electron chi connectivity index (χ4n) is 3.10. The average Bonchev–Trinajstić information content (AvgIpc) is 3.14. The Morgan fingerprint density at radius 1 is 1.00 bits per heavy atom. The number of ether oxygens (including phenoxy) is 2. The fraction of sp³-hybridized carbons (Fsp3) is 0.333. The topological polar surface area (TPSA) is 60.6 Å². The van der Waals surface area contributed by atoms with Crippen molar-refractivity contribution in [2.75, 3.05) is 25.7 Å². The van der Waals surface area contributed by atoms with Gasteiger partial charge in [-0.05, 0) is 50.6 Å². The molecule has 0 aliphatic rings. The summed E-state index contributed by atoms with van der Waals surface area (Å²) in [6.45, 7) is 7.73. The summed E-state index contributed by atoms with van der Waals surface area (Å²) in [7, 11) is 3.21. The van der Waals surface area contributed by atoms with E-state index in [1.807, 2.05) is 18.2 Å². The van der Waals surface area contributed by atoms with Gasteiger partial charge >= 0.3 is 0 Å². The van der Waals surface area contributed by atoms with Crippen molar-refractivity contribution >= 4 is 5.69 Å². The molecule has 2 aromatic carbocycles. The van der Waals surface area contributed by atoms with E-state index in [0.29, 0.717) is 29.8 Å². The van der Waals surface area contributed by atoms with Crippen LogP contribution in [0.15, 0.2) is 40.9 Å². The van der Waals surface area contributed by atoms with Gasteiger partial charge in [-0.25, -0.2) is 0 Å². The van der Waals surface area contributed by atoms with Crippen LogP contribution in [-0.2, 0) is 6.54 Å². The minimum absolute atomic E-state index is 0.530. The van der Waals surface area contributed by atoms with Crippen LogP contribution >= 0.6 is 0 Å². The van der Waals surface area contributed by atoms with Crippen molar-refractivity contribution in [2.24, 2.45) is 0 Å². The Morgan fingerprint density at radius 2 is 1.78 bits per heavy atom. The number of hydrogen-bond acceptors (Lipinski definition) is 6. The maximum Gasteiger partial charge on any atom is 0.246 e. The summed E-state index contributed by atoms with van der Waals surface area (Å²) in [6.07, 6.45) is 0. The molecule has 6 heteroatoms. The van der Waals surface area contributed by atoms with Gasteiger partial charge in [0.05, 0.1) is 20.8 Å². The molecule has 3 rings (SSSR count). The molecule has 0 unspecified atom stereocenters. The first kappa shape index (κ1) is 18.8. The summed E-state index contributed by atoms with van der Waals surface area (Å²) in [5.74, 6) is 2.40. The Morgan fingerprint density at radius 3 is 2.44 bits per heavy atom. The highest BCUT2D eigenvalue weighted by Crippen LogP contribution is 2.31. The Labute approximate surface area is 159 Å². The van der Waals surface area contributed by atoms with Gasteiger partial charge in [0.15, 0.2) is 11.5 Å². The zero-order chi connectivity index (χ0) is 19.4. The lowest BCUT2D eigenvalue weighted by molar-refractivity contribution is 0.355. The SMILES string of the molecule is CCN(Cc1nc(-c2ccc(OC)c(OC)c2)no1)c1ccc(C)cc1C. The Kier molecular flexibility index (Phi) is 5.64. The number of nitrogens with zero attached hydrogens (tertiary/aromatic N) is 3. The van der Waals surface area contributed by atoms with Gasteiger partial charge in [-0.1, -0.05) is 22.9 Å². The first-order valence-corrected chi connectivity index (χ1v) is 8.93. The molecule has 0 fully saturated rings. The van der Waals surface area contributed by atoms with Crippen LogP contribution in [0, 0.1) is 13.8 Å². The molecule has 0 aliphatic heterocycles. The molecule has 1 heterocycles. The third-order valence-electron chi connectivity index (χ3n) is 4.51. The number of methoxy groups -OCH3 is 2. The van der Waals surface area contributed by atoms with Gasteiger partial charge in [0.1, 0.15) is 0 Å². The minimum atomic E-state index is 0.530. The predicted octanol–water partition coefficient (Wildman–Crippen LogP) is 4.40. The van der Waals surface area contributed by atoms with Gasteiger partial charge in [-0.15, -0.1) is 0 Å². The van der Waals surface area contributed by atoms with E-state index in [2.05, 4.69) is 54.0 Å². The molecule has 0 amide bonds. The zero-order valence-corrected chi connectivity index (χ0v) is 16.4. The highest BCUT2D eigenvalue weighted by atomic mass is 16.5. The normalized spacial score (nSPS) is 10.7. The van der Waals surface area contributed by atoms with Crippen LogP contribution < -0.4 is 14.4 Å². The molecule has 0 saturated carbocycles. The third kappa shape index (κ3) is 4.05. The number of aromatic nitrogens is 2. The smallest absolute Gasteiger partial charge is 0.246 e. The van der Waals surface area contributed by atoms with Gasteiger partial charge in [0, 0.05) is 17.8 Å². The molecule has 0 saturated heterocycles. The fourth-order valence-corrected chi connectivity index (χ4v) is 3.10. The minimum Gasteiger partial charge on any atom is -0.493 e. The van der Waals surface area contributed by atoms with E-state index in [4.69, 9.17) is 14.0 Å². The molecule has 0 bridgehead atoms. The molecule has 0 atom stereocenters. The summed E-state index contributed by atoms with van der Waals surface area (Å²) in [5, 5.41) is 4.13. The molecule has 0 N–H and O–H groups in total. The monoisotopic (exact) mass is 367 g/mol. The lowest BCUT2D eigenvalue weighted by atomic mass is 10.1. The summed E-state index contributed by atoms with van der Waals surface area (Å²) in [4.78, 5) is 6.78. The van der Waals surface area contributed by atoms with Gasteiger partial charge in [-0.2, -0.15) is 4.98 Å². The average molecular weight is 367 g/mol. The molecular weight excluding hydrogens is 342 g/mol. The van der Waals surface area contributed by atoms with Crippen LogP contribution in [0.3, 0.4) is 0 Å². The van der Waals surface area contributed by atoms with Crippen LogP contribution in [0.5, 0.6) is 11.5 Å². The number of benzene rings is 2. The summed E-state index contributed by atoms with van der Waals surface area (Å²) < 4.78 is 16.1. The first-order chi connectivity index (χ1) is 13.0. The first-order valence-electron chi connectivity index (χ1n) is 8.93. The van der Waals surface area contributed by atoms with E-state index in [1.165, 1.54) is 16.8 Å². The van der Waals surface area contributed by atoms with E-state index in [-0.39, 0.29) is 0 Å². The second kappa shape index (κ2) is 8.12. The largest absolute Gasteiger partial charge is 0.493 e. The molecule has 1 aromatic heterocycles. The summed E-state index contributed by atoms with van der Waals surface area (Å²) in [5.41, 5.74) is 4.48. The van der Waals surface area contributed by atoms with Crippen molar-refractivity contribution in [3.63, 3.8) is 0 Å². The molecule has 27 heavy (non-hydrogen) atoms. The van der Waals surface area contributed by atoms with Crippen molar-refractivity contribution < 1.29 is 14.0 Å². The van der Waals surface area contributed by atoms with Gasteiger partial charge < -0.3 is 18.9 Å². The maximum atomic E-state index is 5.49. The Bertz CT molecular complexity index is 921. The van der Waals surface area contributed by atoms with Crippen molar-refractivity contribution in [1.82, 2.24) is 10.1 Å². The quantitative estimate of drug-likeness (QED) is 0.617. The molecule has 142 valence electrons. The number of hydrogen-bond donors (Lipinski definition) is 0.